The SMILES string of the molecule is CC(C)(CO)C(O)C(=O)NCCc1cnc[nH]1. The van der Waals surface area contributed by atoms with Crippen molar-refractivity contribution >= 4 is 5.91 Å². The Morgan fingerprint density at radius 1 is 1.65 bits per heavy atom. The number of amides is 1. The molecule has 1 unspecified atom stereocenters. The van der Waals surface area contributed by atoms with Crippen molar-refractivity contribution in [3.63, 3.8) is 0 Å². The van der Waals surface area contributed by atoms with Crippen molar-refractivity contribution in [2.24, 2.45) is 5.41 Å². The van der Waals surface area contributed by atoms with E-state index in [4.69, 9.17) is 5.11 Å². The van der Waals surface area contributed by atoms with E-state index < -0.39 is 17.4 Å². The minimum Gasteiger partial charge on any atom is -0.396 e. The van der Waals surface area contributed by atoms with Gasteiger partial charge in [0.05, 0.1) is 12.9 Å². The average Bonchev–Trinajstić information content (AvgIpc) is 2.80. The summed E-state index contributed by atoms with van der Waals surface area (Å²) in [7, 11) is 0. The third kappa shape index (κ3) is 3.83. The second kappa shape index (κ2) is 5.79. The molecule has 6 nitrogen and oxygen atoms in total. The molecule has 1 rings (SSSR count). The van der Waals surface area contributed by atoms with Crippen LogP contribution in [0.4, 0.5) is 0 Å². The molecular weight excluding hydrogens is 222 g/mol. The minimum absolute atomic E-state index is 0.248. The molecule has 0 aromatic carbocycles. The van der Waals surface area contributed by atoms with E-state index in [1.54, 1.807) is 26.4 Å². The summed E-state index contributed by atoms with van der Waals surface area (Å²) in [6, 6.07) is 0. The Labute approximate surface area is 100 Å². The second-order valence-corrected chi connectivity index (χ2v) is 4.67. The van der Waals surface area contributed by atoms with Gasteiger partial charge in [-0.1, -0.05) is 13.8 Å². The molecule has 1 aromatic heterocycles. The summed E-state index contributed by atoms with van der Waals surface area (Å²) in [5.74, 6) is -0.469. The van der Waals surface area contributed by atoms with E-state index in [0.717, 1.165) is 5.69 Å². The predicted octanol–water partition coefficient (Wildman–Crippen LogP) is -0.552. The molecule has 0 aliphatic rings. The Hall–Kier alpha value is -1.40. The Kier molecular flexibility index (Phi) is 4.65. The fraction of sp³-hybridized carbons (Fsp3) is 0.636. The number of nitrogens with zero attached hydrogens (tertiary/aromatic N) is 1. The highest BCUT2D eigenvalue weighted by Gasteiger charge is 2.32. The lowest BCUT2D eigenvalue weighted by Gasteiger charge is -2.27. The molecule has 0 radical (unpaired) electrons. The molecule has 0 aliphatic heterocycles. The van der Waals surface area contributed by atoms with Gasteiger partial charge in [0.2, 0.25) is 5.91 Å². The van der Waals surface area contributed by atoms with Gasteiger partial charge in [-0.15, -0.1) is 0 Å². The third-order valence-corrected chi connectivity index (χ3v) is 2.64. The monoisotopic (exact) mass is 241 g/mol. The molecule has 0 spiro atoms. The van der Waals surface area contributed by atoms with Crippen LogP contribution in [0.25, 0.3) is 0 Å². The molecule has 1 heterocycles. The first kappa shape index (κ1) is 13.7. The summed E-state index contributed by atoms with van der Waals surface area (Å²) in [5.41, 5.74) is 0.0825. The van der Waals surface area contributed by atoms with Gasteiger partial charge in [-0.05, 0) is 0 Å². The summed E-state index contributed by atoms with van der Waals surface area (Å²) in [6.07, 6.45) is 2.66. The van der Waals surface area contributed by atoms with Crippen LogP contribution in [0, 0.1) is 5.41 Å². The van der Waals surface area contributed by atoms with Crippen LogP contribution in [0.5, 0.6) is 0 Å². The summed E-state index contributed by atoms with van der Waals surface area (Å²) in [6.45, 7) is 3.43. The van der Waals surface area contributed by atoms with E-state index in [1.807, 2.05) is 0 Å². The molecule has 0 saturated heterocycles. The highest BCUT2D eigenvalue weighted by Crippen LogP contribution is 2.19. The van der Waals surface area contributed by atoms with Crippen LogP contribution in [0.15, 0.2) is 12.5 Å². The molecule has 1 amide bonds. The van der Waals surface area contributed by atoms with E-state index >= 15 is 0 Å². The van der Waals surface area contributed by atoms with Crippen LogP contribution >= 0.6 is 0 Å². The van der Waals surface area contributed by atoms with E-state index in [9.17, 15) is 9.90 Å². The molecule has 4 N–H and O–H groups in total. The first-order valence-electron chi connectivity index (χ1n) is 5.51. The molecule has 1 aromatic rings. The van der Waals surface area contributed by atoms with Gasteiger partial charge in [0.25, 0.3) is 0 Å². The molecule has 0 bridgehead atoms. The fourth-order valence-corrected chi connectivity index (χ4v) is 1.28. The van der Waals surface area contributed by atoms with Gasteiger partial charge < -0.3 is 20.5 Å². The summed E-state index contributed by atoms with van der Waals surface area (Å²) in [5, 5.41) is 21.4. The average molecular weight is 241 g/mol. The first-order chi connectivity index (χ1) is 7.97. The van der Waals surface area contributed by atoms with E-state index in [-0.39, 0.29) is 6.61 Å². The standard InChI is InChI=1S/C11H19N3O3/c1-11(2,6-15)9(16)10(17)13-4-3-8-5-12-7-14-8/h5,7,9,15-16H,3-4,6H2,1-2H3,(H,12,14)(H,13,17). The van der Waals surface area contributed by atoms with Crippen LogP contribution in [0.3, 0.4) is 0 Å². The fourth-order valence-electron chi connectivity index (χ4n) is 1.28. The van der Waals surface area contributed by atoms with Gasteiger partial charge in [0.1, 0.15) is 6.10 Å². The largest absolute Gasteiger partial charge is 0.396 e. The van der Waals surface area contributed by atoms with Crippen molar-refractivity contribution in [3.05, 3.63) is 18.2 Å². The zero-order valence-electron chi connectivity index (χ0n) is 10.1. The molecule has 17 heavy (non-hydrogen) atoms. The number of rotatable bonds is 6. The van der Waals surface area contributed by atoms with E-state index in [1.165, 1.54) is 0 Å². The second-order valence-electron chi connectivity index (χ2n) is 4.67. The Morgan fingerprint density at radius 3 is 2.88 bits per heavy atom. The Balaban J connectivity index is 2.34. The third-order valence-electron chi connectivity index (χ3n) is 2.64. The van der Waals surface area contributed by atoms with Crippen molar-refractivity contribution in [2.45, 2.75) is 26.4 Å². The van der Waals surface area contributed by atoms with Gasteiger partial charge in [0.15, 0.2) is 0 Å². The highest BCUT2D eigenvalue weighted by atomic mass is 16.3. The summed E-state index contributed by atoms with van der Waals surface area (Å²) >= 11 is 0. The molecule has 96 valence electrons. The van der Waals surface area contributed by atoms with Crippen molar-refractivity contribution in [1.82, 2.24) is 15.3 Å². The number of nitrogens with one attached hydrogen (secondary N) is 2. The van der Waals surface area contributed by atoms with E-state index in [0.29, 0.717) is 13.0 Å². The topological polar surface area (TPSA) is 98.2 Å². The highest BCUT2D eigenvalue weighted by molar-refractivity contribution is 5.81. The number of carbonyl (C=O) groups is 1. The zero-order valence-corrected chi connectivity index (χ0v) is 10.1. The Bertz CT molecular complexity index is 349. The first-order valence-corrected chi connectivity index (χ1v) is 5.51. The Morgan fingerprint density at radius 2 is 2.35 bits per heavy atom. The van der Waals surface area contributed by atoms with Crippen LogP contribution in [-0.2, 0) is 11.2 Å². The molecule has 1 atom stereocenters. The van der Waals surface area contributed by atoms with Crippen LogP contribution in [0.2, 0.25) is 0 Å². The number of aliphatic hydroxyl groups excluding tert-OH is 2. The number of imidazole rings is 1. The lowest BCUT2D eigenvalue weighted by Crippen LogP contribution is -2.46. The zero-order chi connectivity index (χ0) is 12.9. The maximum absolute atomic E-state index is 11.6. The van der Waals surface area contributed by atoms with Crippen LogP contribution in [-0.4, -0.2) is 45.3 Å². The van der Waals surface area contributed by atoms with Crippen LogP contribution < -0.4 is 5.32 Å². The quantitative estimate of drug-likeness (QED) is 0.537. The number of hydrogen-bond acceptors (Lipinski definition) is 4. The predicted molar refractivity (Wildman–Crippen MR) is 62.2 cm³/mol. The number of aromatic amines is 1. The van der Waals surface area contributed by atoms with Gasteiger partial charge >= 0.3 is 0 Å². The molecule has 6 heteroatoms. The number of hydrogen-bond donors (Lipinski definition) is 4. The van der Waals surface area contributed by atoms with Gasteiger partial charge in [0, 0.05) is 30.3 Å². The van der Waals surface area contributed by atoms with Gasteiger partial charge in [-0.2, -0.15) is 0 Å². The van der Waals surface area contributed by atoms with Crippen LogP contribution in [0.1, 0.15) is 19.5 Å². The minimum atomic E-state index is -1.21. The molecule has 0 fully saturated rings. The van der Waals surface area contributed by atoms with Crippen molar-refractivity contribution < 1.29 is 15.0 Å². The molecule has 0 saturated carbocycles. The van der Waals surface area contributed by atoms with Crippen molar-refractivity contribution in [2.75, 3.05) is 13.2 Å². The number of aliphatic hydroxyl groups is 2. The number of aromatic nitrogens is 2. The normalized spacial score (nSPS) is 13.4. The molecule has 0 aliphatic carbocycles. The smallest absolute Gasteiger partial charge is 0.249 e. The summed E-state index contributed by atoms with van der Waals surface area (Å²) < 4.78 is 0. The maximum Gasteiger partial charge on any atom is 0.249 e. The maximum atomic E-state index is 11.6. The lowest BCUT2D eigenvalue weighted by molar-refractivity contribution is -0.137. The van der Waals surface area contributed by atoms with Crippen molar-refractivity contribution in [1.29, 1.82) is 0 Å². The van der Waals surface area contributed by atoms with Gasteiger partial charge in [-0.25, -0.2) is 4.98 Å². The summed E-state index contributed by atoms with van der Waals surface area (Å²) in [4.78, 5) is 18.4. The number of carbonyl (C=O) groups excluding carboxylic acids is 1. The molecular formula is C11H19N3O3. The van der Waals surface area contributed by atoms with E-state index in [2.05, 4.69) is 15.3 Å². The lowest BCUT2D eigenvalue weighted by atomic mass is 9.87. The van der Waals surface area contributed by atoms with Gasteiger partial charge in [-0.3, -0.25) is 4.79 Å². The van der Waals surface area contributed by atoms with Crippen molar-refractivity contribution in [3.8, 4) is 0 Å². The number of H-pyrrole nitrogens is 1.